The van der Waals surface area contributed by atoms with Crippen LogP contribution in [0, 0.1) is 0 Å². The molecule has 256 valence electrons. The van der Waals surface area contributed by atoms with E-state index in [0.29, 0.717) is 0 Å². The summed E-state index contributed by atoms with van der Waals surface area (Å²) in [5.41, 5.74) is 3.45. The number of ether oxygens (including phenoxy) is 3. The predicted octanol–water partition coefficient (Wildman–Crippen LogP) is 3.73. The molecule has 15 nitrogen and oxygen atoms in total. The average Bonchev–Trinajstić information content (AvgIpc) is 3.54. The van der Waals surface area contributed by atoms with Crippen LogP contribution in [0.1, 0.15) is 59.1 Å². The third kappa shape index (κ3) is 7.12. The first-order valence-electron chi connectivity index (χ1n) is 15.3. The van der Waals surface area contributed by atoms with Gasteiger partial charge in [0, 0.05) is 0 Å². The summed E-state index contributed by atoms with van der Waals surface area (Å²) >= 11 is 0. The number of carbonyl (C=O) groups excluding carboxylic acids is 1. The lowest BCUT2D eigenvalue weighted by Crippen LogP contribution is -2.51. The fourth-order valence-electron chi connectivity index (χ4n) is 5.57. The van der Waals surface area contributed by atoms with E-state index >= 15 is 4.39 Å². The molecule has 3 aromatic rings. The number of nitrogens with one attached hydrogen (secondary N) is 1. The van der Waals surface area contributed by atoms with Gasteiger partial charge in [-0.05, 0) is 64.2 Å². The van der Waals surface area contributed by atoms with Gasteiger partial charge < -0.3 is 34.7 Å². The van der Waals surface area contributed by atoms with E-state index in [-0.39, 0.29) is 47.0 Å². The molecule has 47 heavy (non-hydrogen) atoms. The number of nitrogens with two attached hydrogens (primary N) is 1. The highest BCUT2D eigenvalue weighted by molar-refractivity contribution is 7.52. The Hall–Kier alpha value is -3.66. The van der Waals surface area contributed by atoms with Crippen LogP contribution in [-0.2, 0) is 23.4 Å². The molecule has 17 heteroatoms. The molecule has 2 fully saturated rings. The summed E-state index contributed by atoms with van der Waals surface area (Å²) in [4.78, 5) is 25.3. The van der Waals surface area contributed by atoms with Gasteiger partial charge in [0.25, 0.3) is 5.85 Å². The lowest BCUT2D eigenvalue weighted by molar-refractivity contribution is -0.202. The van der Waals surface area contributed by atoms with Crippen molar-refractivity contribution in [1.29, 1.82) is 0 Å². The van der Waals surface area contributed by atoms with Crippen LogP contribution < -0.4 is 20.1 Å². The molecule has 5 N–H and O–H groups in total. The summed E-state index contributed by atoms with van der Waals surface area (Å²) in [6.07, 6.45) is 1.22. The maximum absolute atomic E-state index is 16.7. The number of hydrogen-bond donors (Lipinski definition) is 4. The zero-order chi connectivity index (χ0) is 34.0. The van der Waals surface area contributed by atoms with Crippen molar-refractivity contribution in [2.75, 3.05) is 18.9 Å². The van der Waals surface area contributed by atoms with Crippen LogP contribution in [0.3, 0.4) is 0 Å². The summed E-state index contributed by atoms with van der Waals surface area (Å²) in [6, 6.07) is 6.70. The standard InChI is InChI=1S/C30H40FN6O9P/c1-5-42-24-22-23(34-28(32)35-24)37(17-33-22)27-30(40,18(2)3)26(39)29(31,45-27)16-43-47(41,46-21-14-10-7-11-15-21)36-19(4)25(38)44-20-12-8-6-9-13-20/h7,10-11,14-15,17,19-20,26-27,39-40H,2,5-6,8-9,12-13,16H2,1,3-4H3,(H,36,41)(H2,32,34,35)/t19-,26+,27+,29+,30+,47+/m0/s1. The van der Waals surface area contributed by atoms with Crippen molar-refractivity contribution in [3.63, 3.8) is 0 Å². The van der Waals surface area contributed by atoms with Gasteiger partial charge in [-0.1, -0.05) is 31.2 Å². The van der Waals surface area contributed by atoms with E-state index in [2.05, 4.69) is 26.6 Å². The predicted molar refractivity (Wildman–Crippen MR) is 167 cm³/mol. The Kier molecular flexibility index (Phi) is 10.2. The minimum Gasteiger partial charge on any atom is -0.476 e. The lowest BCUT2D eigenvalue weighted by atomic mass is 9.87. The van der Waals surface area contributed by atoms with E-state index < -0.39 is 50.2 Å². The molecule has 0 amide bonds. The molecular formula is C30H40FN6O9P. The second-order valence-corrected chi connectivity index (χ2v) is 13.3. The maximum atomic E-state index is 16.7. The van der Waals surface area contributed by atoms with Gasteiger partial charge >= 0.3 is 13.7 Å². The fourth-order valence-corrected chi connectivity index (χ4v) is 7.07. The first-order chi connectivity index (χ1) is 22.3. The number of aromatic nitrogens is 4. The number of halogens is 1. The van der Waals surface area contributed by atoms with Gasteiger partial charge in [-0.3, -0.25) is 13.9 Å². The van der Waals surface area contributed by atoms with Crippen LogP contribution in [0.15, 0.2) is 48.8 Å². The molecule has 1 aliphatic heterocycles. The van der Waals surface area contributed by atoms with E-state index in [0.717, 1.165) is 36.7 Å². The molecule has 2 aromatic heterocycles. The normalized spacial score (nSPS) is 26.9. The Morgan fingerprint density at radius 1 is 1.28 bits per heavy atom. The molecule has 2 aliphatic rings. The number of rotatable bonds is 13. The maximum Gasteiger partial charge on any atom is 0.459 e. The first kappa shape index (κ1) is 34.7. The molecular weight excluding hydrogens is 638 g/mol. The molecule has 3 heterocycles. The minimum absolute atomic E-state index is 0.00745. The quantitative estimate of drug-likeness (QED) is 0.116. The average molecular weight is 679 g/mol. The van der Waals surface area contributed by atoms with Gasteiger partial charge in [0.15, 0.2) is 29.1 Å². The number of alkyl halides is 1. The summed E-state index contributed by atoms with van der Waals surface area (Å²) in [5.74, 6) is -3.97. The molecule has 1 saturated carbocycles. The summed E-state index contributed by atoms with van der Waals surface area (Å²) in [5, 5.41) is 25.5. The molecule has 0 spiro atoms. The van der Waals surface area contributed by atoms with Gasteiger partial charge in [-0.2, -0.15) is 15.1 Å². The number of nitrogen functional groups attached to an aromatic ring is 1. The van der Waals surface area contributed by atoms with Crippen LogP contribution in [0.25, 0.3) is 11.2 Å². The van der Waals surface area contributed by atoms with E-state index in [9.17, 15) is 19.6 Å². The van der Waals surface area contributed by atoms with Crippen molar-refractivity contribution in [2.45, 2.75) is 88.8 Å². The van der Waals surface area contributed by atoms with Gasteiger partial charge in [0.1, 0.15) is 24.5 Å². The van der Waals surface area contributed by atoms with Gasteiger partial charge in [0.2, 0.25) is 11.8 Å². The Morgan fingerprint density at radius 2 is 1.98 bits per heavy atom. The summed E-state index contributed by atoms with van der Waals surface area (Å²) < 4.78 is 59.9. The van der Waals surface area contributed by atoms with Gasteiger partial charge in [-0.15, -0.1) is 0 Å². The minimum atomic E-state index is -4.59. The highest BCUT2D eigenvalue weighted by Crippen LogP contribution is 2.52. The number of aliphatic hydroxyl groups excluding tert-OH is 1. The number of esters is 1. The second kappa shape index (κ2) is 13.8. The third-order valence-electron chi connectivity index (χ3n) is 8.07. The Labute approximate surface area is 270 Å². The van der Waals surface area contributed by atoms with Crippen molar-refractivity contribution in [2.24, 2.45) is 0 Å². The van der Waals surface area contributed by atoms with Crippen LogP contribution in [0.2, 0.25) is 0 Å². The number of imidazole rings is 1. The van der Waals surface area contributed by atoms with E-state index in [1.807, 2.05) is 0 Å². The Bertz CT molecular complexity index is 1640. The summed E-state index contributed by atoms with van der Waals surface area (Å²) in [7, 11) is -4.59. The number of fused-ring (bicyclic) bond motifs is 1. The van der Waals surface area contributed by atoms with Crippen molar-refractivity contribution >= 4 is 30.8 Å². The van der Waals surface area contributed by atoms with Crippen molar-refractivity contribution in [3.05, 3.63) is 48.8 Å². The molecule has 0 unspecified atom stereocenters. The van der Waals surface area contributed by atoms with E-state index in [1.54, 1.807) is 25.1 Å². The summed E-state index contributed by atoms with van der Waals surface area (Å²) in [6.45, 7) is 7.25. The molecule has 0 bridgehead atoms. The van der Waals surface area contributed by atoms with E-state index in [1.165, 1.54) is 32.3 Å². The number of anilines is 1. The number of carbonyl (C=O) groups is 1. The third-order valence-corrected chi connectivity index (χ3v) is 9.70. The number of para-hydroxylation sites is 1. The molecule has 5 rings (SSSR count). The molecule has 6 atom stereocenters. The van der Waals surface area contributed by atoms with Crippen LogP contribution >= 0.6 is 7.75 Å². The monoisotopic (exact) mass is 678 g/mol. The number of hydrogen-bond acceptors (Lipinski definition) is 13. The molecule has 1 saturated heterocycles. The molecule has 0 radical (unpaired) electrons. The largest absolute Gasteiger partial charge is 0.476 e. The number of aliphatic hydroxyl groups is 2. The van der Waals surface area contributed by atoms with E-state index in [4.69, 9.17) is 29.0 Å². The van der Waals surface area contributed by atoms with Gasteiger partial charge in [0.05, 0.1) is 12.9 Å². The first-order valence-corrected chi connectivity index (χ1v) is 16.9. The lowest BCUT2D eigenvalue weighted by Gasteiger charge is -2.32. The second-order valence-electron chi connectivity index (χ2n) is 11.6. The van der Waals surface area contributed by atoms with Crippen LogP contribution in [-0.4, -0.2) is 78.6 Å². The highest BCUT2D eigenvalue weighted by Gasteiger charge is 2.66. The smallest absolute Gasteiger partial charge is 0.459 e. The highest BCUT2D eigenvalue weighted by atomic mass is 31.2. The van der Waals surface area contributed by atoms with Crippen molar-refractivity contribution in [1.82, 2.24) is 24.6 Å². The van der Waals surface area contributed by atoms with Crippen LogP contribution in [0.4, 0.5) is 10.3 Å². The van der Waals surface area contributed by atoms with Crippen molar-refractivity contribution in [3.8, 4) is 11.6 Å². The SMILES string of the molecule is C=C(C)[C@]1(O)[C@H](n2cnc3c(OCC)nc(N)nc32)O[C@](F)(CO[P@](=O)(N[C@@H](C)C(=O)OC2CCCCC2)Oc2ccccc2)[C@H]1O. The van der Waals surface area contributed by atoms with Crippen molar-refractivity contribution < 1.29 is 47.2 Å². The Morgan fingerprint density at radius 3 is 2.64 bits per heavy atom. The molecule has 1 aliphatic carbocycles. The zero-order valence-electron chi connectivity index (χ0n) is 26.4. The molecule has 1 aromatic carbocycles. The van der Waals surface area contributed by atoms with Gasteiger partial charge in [-0.25, -0.2) is 13.9 Å². The topological polar surface area (TPSA) is 202 Å². The number of nitrogens with zero attached hydrogens (tertiary/aromatic N) is 4. The van der Waals surface area contributed by atoms with Crippen LogP contribution in [0.5, 0.6) is 11.6 Å². The fraction of sp³-hybridized carbons (Fsp3) is 0.533. The number of benzene rings is 1. The zero-order valence-corrected chi connectivity index (χ0v) is 27.3. The Balaban J connectivity index is 1.42.